The molecule has 1 saturated heterocycles. The summed E-state index contributed by atoms with van der Waals surface area (Å²) >= 11 is 1.99. The molecule has 0 aliphatic carbocycles. The van der Waals surface area contributed by atoms with Gasteiger partial charge in [0.2, 0.25) is 0 Å². The van der Waals surface area contributed by atoms with E-state index in [1.54, 1.807) is 6.92 Å². The van der Waals surface area contributed by atoms with E-state index in [2.05, 4.69) is 11.9 Å². The second-order valence-electron chi connectivity index (χ2n) is 3.59. The fourth-order valence-electron chi connectivity index (χ4n) is 1.47. The Morgan fingerprint density at radius 1 is 1.53 bits per heavy atom. The Kier molecular flexibility index (Phi) is 5.79. The quantitative estimate of drug-likeness (QED) is 0.574. The zero-order valence-corrected chi connectivity index (χ0v) is 10.1. The minimum atomic E-state index is -0.282. The number of rotatable bonds is 5. The molecule has 0 atom stereocenters. The monoisotopic (exact) mass is 229 g/mol. The maximum absolute atomic E-state index is 11.2. The van der Waals surface area contributed by atoms with Crippen LogP contribution in [0.4, 0.5) is 0 Å². The van der Waals surface area contributed by atoms with Crippen molar-refractivity contribution >= 4 is 17.7 Å². The number of hydrogen-bond acceptors (Lipinski definition) is 4. The maximum Gasteiger partial charge on any atom is 0.334 e. The highest BCUT2D eigenvalue weighted by molar-refractivity contribution is 7.99. The standard InChI is InChI=1S/C11H19NO2S/c1-3-14-11(13)9(2)8-12-10-4-6-15-7-5-10/h10,12H,2-8H2,1H3. The highest BCUT2D eigenvalue weighted by Crippen LogP contribution is 2.16. The van der Waals surface area contributed by atoms with Crippen molar-refractivity contribution in [3.63, 3.8) is 0 Å². The summed E-state index contributed by atoms with van der Waals surface area (Å²) in [7, 11) is 0. The Morgan fingerprint density at radius 3 is 2.80 bits per heavy atom. The molecule has 1 heterocycles. The van der Waals surface area contributed by atoms with Crippen molar-refractivity contribution in [1.29, 1.82) is 0 Å². The van der Waals surface area contributed by atoms with Gasteiger partial charge in [0.05, 0.1) is 6.61 Å². The van der Waals surface area contributed by atoms with E-state index in [1.165, 1.54) is 24.3 Å². The first-order valence-corrected chi connectivity index (χ1v) is 6.55. The molecule has 0 bridgehead atoms. The van der Waals surface area contributed by atoms with Gasteiger partial charge < -0.3 is 10.1 Å². The molecule has 3 nitrogen and oxygen atoms in total. The third kappa shape index (κ3) is 4.71. The fourth-order valence-corrected chi connectivity index (χ4v) is 2.58. The molecule has 1 aliphatic heterocycles. The second-order valence-corrected chi connectivity index (χ2v) is 4.82. The largest absolute Gasteiger partial charge is 0.463 e. The van der Waals surface area contributed by atoms with Gasteiger partial charge in [-0.3, -0.25) is 0 Å². The molecule has 1 N–H and O–H groups in total. The topological polar surface area (TPSA) is 38.3 Å². The first-order valence-electron chi connectivity index (χ1n) is 5.40. The van der Waals surface area contributed by atoms with Crippen LogP contribution >= 0.6 is 11.8 Å². The number of nitrogens with one attached hydrogen (secondary N) is 1. The lowest BCUT2D eigenvalue weighted by atomic mass is 10.1. The van der Waals surface area contributed by atoms with E-state index < -0.39 is 0 Å². The molecular weight excluding hydrogens is 210 g/mol. The van der Waals surface area contributed by atoms with Gasteiger partial charge in [0.15, 0.2) is 0 Å². The third-order valence-electron chi connectivity index (χ3n) is 2.39. The number of esters is 1. The molecule has 0 spiro atoms. The predicted molar refractivity (Wildman–Crippen MR) is 64.1 cm³/mol. The van der Waals surface area contributed by atoms with Crippen LogP contribution in [0.15, 0.2) is 12.2 Å². The SMILES string of the molecule is C=C(CNC1CCSCC1)C(=O)OCC. The summed E-state index contributed by atoms with van der Waals surface area (Å²) in [5, 5.41) is 3.35. The first kappa shape index (κ1) is 12.6. The van der Waals surface area contributed by atoms with Crippen LogP contribution in [0.1, 0.15) is 19.8 Å². The smallest absolute Gasteiger partial charge is 0.334 e. The molecule has 0 unspecified atom stereocenters. The van der Waals surface area contributed by atoms with Crippen LogP contribution in [-0.4, -0.2) is 36.7 Å². The fraction of sp³-hybridized carbons (Fsp3) is 0.727. The van der Waals surface area contributed by atoms with Gasteiger partial charge in [0.1, 0.15) is 0 Å². The molecular formula is C11H19NO2S. The van der Waals surface area contributed by atoms with Gasteiger partial charge in [-0.05, 0) is 31.3 Å². The summed E-state index contributed by atoms with van der Waals surface area (Å²) in [6.07, 6.45) is 2.36. The third-order valence-corrected chi connectivity index (χ3v) is 3.44. The molecule has 0 radical (unpaired) electrons. The lowest BCUT2D eigenvalue weighted by Crippen LogP contribution is -2.35. The van der Waals surface area contributed by atoms with E-state index in [-0.39, 0.29) is 5.97 Å². The van der Waals surface area contributed by atoms with Gasteiger partial charge >= 0.3 is 5.97 Å². The van der Waals surface area contributed by atoms with Crippen LogP contribution in [0, 0.1) is 0 Å². The number of thioether (sulfide) groups is 1. The first-order chi connectivity index (χ1) is 7.24. The predicted octanol–water partition coefficient (Wildman–Crippen LogP) is 1.59. The Balaban J connectivity index is 2.17. The summed E-state index contributed by atoms with van der Waals surface area (Å²) in [5.74, 6) is 2.14. The van der Waals surface area contributed by atoms with Crippen LogP contribution in [0.2, 0.25) is 0 Å². The van der Waals surface area contributed by atoms with E-state index in [0.29, 0.717) is 24.8 Å². The van der Waals surface area contributed by atoms with Crippen LogP contribution in [0.3, 0.4) is 0 Å². The minimum Gasteiger partial charge on any atom is -0.463 e. The average molecular weight is 229 g/mol. The van der Waals surface area contributed by atoms with Gasteiger partial charge in [-0.1, -0.05) is 6.58 Å². The zero-order chi connectivity index (χ0) is 11.1. The molecule has 1 rings (SSSR count). The molecule has 0 aromatic heterocycles. The molecule has 0 aromatic rings. The van der Waals surface area contributed by atoms with Crippen LogP contribution in [0.5, 0.6) is 0 Å². The van der Waals surface area contributed by atoms with Gasteiger partial charge in [0.25, 0.3) is 0 Å². The van der Waals surface area contributed by atoms with E-state index in [9.17, 15) is 4.79 Å². The molecule has 0 saturated carbocycles. The zero-order valence-electron chi connectivity index (χ0n) is 9.25. The summed E-state index contributed by atoms with van der Waals surface area (Å²) in [6, 6.07) is 0.539. The van der Waals surface area contributed by atoms with Gasteiger partial charge in [0, 0.05) is 18.2 Å². The van der Waals surface area contributed by atoms with Crippen molar-refractivity contribution in [3.8, 4) is 0 Å². The van der Waals surface area contributed by atoms with Crippen LogP contribution in [-0.2, 0) is 9.53 Å². The van der Waals surface area contributed by atoms with E-state index in [1.807, 2.05) is 11.8 Å². The van der Waals surface area contributed by atoms with Crippen LogP contribution in [0.25, 0.3) is 0 Å². The normalized spacial score (nSPS) is 17.4. The molecule has 0 aromatic carbocycles. The summed E-state index contributed by atoms with van der Waals surface area (Å²) < 4.78 is 4.86. The van der Waals surface area contributed by atoms with Crippen molar-refractivity contribution in [2.45, 2.75) is 25.8 Å². The molecule has 15 heavy (non-hydrogen) atoms. The van der Waals surface area contributed by atoms with E-state index in [0.717, 1.165) is 0 Å². The maximum atomic E-state index is 11.2. The Morgan fingerprint density at radius 2 is 2.20 bits per heavy atom. The Hall–Kier alpha value is -0.480. The highest BCUT2D eigenvalue weighted by atomic mass is 32.2. The van der Waals surface area contributed by atoms with E-state index >= 15 is 0 Å². The molecule has 86 valence electrons. The summed E-state index contributed by atoms with van der Waals surface area (Å²) in [6.45, 7) is 6.48. The second kappa shape index (κ2) is 6.90. The van der Waals surface area contributed by atoms with Crippen molar-refractivity contribution in [2.75, 3.05) is 24.7 Å². The lowest BCUT2D eigenvalue weighted by Gasteiger charge is -2.22. The van der Waals surface area contributed by atoms with Gasteiger partial charge in [-0.25, -0.2) is 4.79 Å². The van der Waals surface area contributed by atoms with Crippen molar-refractivity contribution in [2.24, 2.45) is 0 Å². The average Bonchev–Trinajstić information content (AvgIpc) is 2.27. The number of ether oxygens (including phenoxy) is 1. The number of hydrogen-bond donors (Lipinski definition) is 1. The van der Waals surface area contributed by atoms with Crippen molar-refractivity contribution in [1.82, 2.24) is 5.32 Å². The van der Waals surface area contributed by atoms with Crippen LogP contribution < -0.4 is 5.32 Å². The Bertz CT molecular complexity index is 225. The lowest BCUT2D eigenvalue weighted by molar-refractivity contribution is -0.138. The Labute approximate surface area is 95.6 Å². The summed E-state index contributed by atoms with van der Waals surface area (Å²) in [5.41, 5.74) is 0.523. The highest BCUT2D eigenvalue weighted by Gasteiger charge is 2.14. The molecule has 1 aliphatic rings. The van der Waals surface area contributed by atoms with Crippen molar-refractivity contribution in [3.05, 3.63) is 12.2 Å². The minimum absolute atomic E-state index is 0.282. The molecule has 4 heteroatoms. The van der Waals surface area contributed by atoms with Gasteiger partial charge in [-0.2, -0.15) is 11.8 Å². The number of carbonyl (C=O) groups is 1. The van der Waals surface area contributed by atoms with E-state index in [4.69, 9.17) is 4.74 Å². The summed E-state index contributed by atoms with van der Waals surface area (Å²) in [4.78, 5) is 11.2. The molecule has 1 fully saturated rings. The number of carbonyl (C=O) groups excluding carboxylic acids is 1. The van der Waals surface area contributed by atoms with Crippen molar-refractivity contribution < 1.29 is 9.53 Å². The van der Waals surface area contributed by atoms with Gasteiger partial charge in [-0.15, -0.1) is 0 Å². The molecule has 0 amide bonds.